The summed E-state index contributed by atoms with van der Waals surface area (Å²) in [7, 11) is 0. The number of aryl methyl sites for hydroxylation is 1. The van der Waals surface area contributed by atoms with E-state index in [0.717, 1.165) is 10.0 Å². The number of hydrogen-bond acceptors (Lipinski definition) is 3. The fourth-order valence-corrected chi connectivity index (χ4v) is 2.64. The number of carbonyl (C=O) groups excluding carboxylic acids is 1. The Morgan fingerprint density at radius 2 is 2.13 bits per heavy atom. The Morgan fingerprint density at radius 3 is 2.91 bits per heavy atom. The van der Waals surface area contributed by atoms with Gasteiger partial charge in [0, 0.05) is 22.9 Å². The van der Waals surface area contributed by atoms with E-state index in [9.17, 15) is 4.79 Å². The molecule has 1 amide bonds. The van der Waals surface area contributed by atoms with Crippen LogP contribution < -0.4 is 5.32 Å². The van der Waals surface area contributed by atoms with Crippen LogP contribution in [0.2, 0.25) is 0 Å². The van der Waals surface area contributed by atoms with E-state index in [2.05, 4.69) is 50.4 Å². The fourth-order valence-electron chi connectivity index (χ4n) is 2.27. The number of pyridine rings is 1. The van der Waals surface area contributed by atoms with Gasteiger partial charge in [0.25, 0.3) is 5.91 Å². The number of halogens is 1. The van der Waals surface area contributed by atoms with Crippen molar-refractivity contribution in [1.82, 2.24) is 14.8 Å². The quantitative estimate of drug-likeness (QED) is 0.762. The molecule has 0 saturated carbocycles. The molecule has 5 nitrogen and oxygen atoms in total. The number of rotatable bonds is 4. The minimum atomic E-state index is -0.218. The number of nitrogens with zero attached hydrogens (tertiary/aromatic N) is 3. The van der Waals surface area contributed by atoms with E-state index in [1.165, 1.54) is 11.8 Å². The summed E-state index contributed by atoms with van der Waals surface area (Å²) >= 11 is 3.31. The second-order valence-electron chi connectivity index (χ2n) is 5.21. The van der Waals surface area contributed by atoms with Crippen molar-refractivity contribution in [2.24, 2.45) is 0 Å². The van der Waals surface area contributed by atoms with Crippen molar-refractivity contribution in [1.29, 1.82) is 0 Å². The molecule has 3 aromatic rings. The maximum Gasteiger partial charge on any atom is 0.258 e. The van der Waals surface area contributed by atoms with Crippen LogP contribution in [-0.4, -0.2) is 20.7 Å². The Kier molecular flexibility index (Phi) is 4.52. The SMILES string of the molecule is Cc1cccc(Cn2nccc2NC(=O)c2cncc(Br)c2)c1. The van der Waals surface area contributed by atoms with Gasteiger partial charge in [-0.05, 0) is 34.5 Å². The zero-order chi connectivity index (χ0) is 16.2. The van der Waals surface area contributed by atoms with Gasteiger partial charge >= 0.3 is 0 Å². The lowest BCUT2D eigenvalue weighted by Gasteiger charge is -2.09. The van der Waals surface area contributed by atoms with Crippen molar-refractivity contribution in [3.63, 3.8) is 0 Å². The van der Waals surface area contributed by atoms with Gasteiger partial charge in [-0.2, -0.15) is 5.10 Å². The molecule has 1 N–H and O–H groups in total. The van der Waals surface area contributed by atoms with Crippen LogP contribution in [0.5, 0.6) is 0 Å². The van der Waals surface area contributed by atoms with E-state index in [-0.39, 0.29) is 5.91 Å². The minimum absolute atomic E-state index is 0.218. The van der Waals surface area contributed by atoms with Crippen LogP contribution in [0.4, 0.5) is 5.82 Å². The van der Waals surface area contributed by atoms with Crippen LogP contribution in [0.25, 0.3) is 0 Å². The van der Waals surface area contributed by atoms with Gasteiger partial charge in [0.15, 0.2) is 0 Å². The summed E-state index contributed by atoms with van der Waals surface area (Å²) < 4.78 is 2.52. The number of anilines is 1. The van der Waals surface area contributed by atoms with E-state index < -0.39 is 0 Å². The first-order valence-corrected chi connectivity index (χ1v) is 7.90. The highest BCUT2D eigenvalue weighted by Crippen LogP contribution is 2.14. The third-order valence-corrected chi connectivity index (χ3v) is 3.77. The highest BCUT2D eigenvalue weighted by atomic mass is 79.9. The van der Waals surface area contributed by atoms with Gasteiger partial charge in [-0.25, -0.2) is 4.68 Å². The predicted octanol–water partition coefficient (Wildman–Crippen LogP) is 3.65. The van der Waals surface area contributed by atoms with Crippen molar-refractivity contribution < 1.29 is 4.79 Å². The molecule has 23 heavy (non-hydrogen) atoms. The van der Waals surface area contributed by atoms with Gasteiger partial charge in [-0.1, -0.05) is 29.8 Å². The number of nitrogens with one attached hydrogen (secondary N) is 1. The summed E-state index contributed by atoms with van der Waals surface area (Å²) in [5.74, 6) is 0.432. The zero-order valence-electron chi connectivity index (χ0n) is 12.5. The molecule has 0 radical (unpaired) electrons. The number of amides is 1. The monoisotopic (exact) mass is 370 g/mol. The molecule has 2 aromatic heterocycles. The molecule has 0 aliphatic rings. The van der Waals surface area contributed by atoms with Crippen molar-refractivity contribution in [2.75, 3.05) is 5.32 Å². The fraction of sp³-hybridized carbons (Fsp3) is 0.118. The molecule has 0 unspecified atom stereocenters. The van der Waals surface area contributed by atoms with Gasteiger partial charge in [-0.3, -0.25) is 9.78 Å². The molecule has 0 bridgehead atoms. The topological polar surface area (TPSA) is 59.8 Å². The van der Waals surface area contributed by atoms with Crippen molar-refractivity contribution >= 4 is 27.7 Å². The highest BCUT2D eigenvalue weighted by Gasteiger charge is 2.10. The van der Waals surface area contributed by atoms with Gasteiger partial charge < -0.3 is 5.32 Å². The normalized spacial score (nSPS) is 10.5. The average molecular weight is 371 g/mol. The van der Waals surface area contributed by atoms with Crippen LogP contribution in [0, 0.1) is 6.92 Å². The van der Waals surface area contributed by atoms with Crippen LogP contribution in [0.15, 0.2) is 59.5 Å². The molecule has 0 aliphatic heterocycles. The predicted molar refractivity (Wildman–Crippen MR) is 92.4 cm³/mol. The van der Waals surface area contributed by atoms with E-state index in [4.69, 9.17) is 0 Å². The maximum absolute atomic E-state index is 12.3. The Hall–Kier alpha value is -2.47. The molecule has 116 valence electrons. The highest BCUT2D eigenvalue weighted by molar-refractivity contribution is 9.10. The molecule has 2 heterocycles. The molecule has 0 atom stereocenters. The first kappa shape index (κ1) is 15.4. The van der Waals surface area contributed by atoms with E-state index in [1.807, 2.05) is 12.1 Å². The van der Waals surface area contributed by atoms with Gasteiger partial charge in [0.1, 0.15) is 5.82 Å². The van der Waals surface area contributed by atoms with Gasteiger partial charge in [-0.15, -0.1) is 0 Å². The first-order valence-electron chi connectivity index (χ1n) is 7.11. The van der Waals surface area contributed by atoms with Crippen molar-refractivity contribution in [3.05, 3.63) is 76.2 Å². The lowest BCUT2D eigenvalue weighted by atomic mass is 10.1. The number of aromatic nitrogens is 3. The van der Waals surface area contributed by atoms with E-state index in [1.54, 1.807) is 29.2 Å². The van der Waals surface area contributed by atoms with Gasteiger partial charge in [0.2, 0.25) is 0 Å². The summed E-state index contributed by atoms with van der Waals surface area (Å²) in [5.41, 5.74) is 2.82. The third kappa shape index (κ3) is 3.84. The van der Waals surface area contributed by atoms with Crippen LogP contribution in [-0.2, 0) is 6.54 Å². The summed E-state index contributed by atoms with van der Waals surface area (Å²) in [6.45, 7) is 2.65. The molecular weight excluding hydrogens is 356 g/mol. The molecule has 1 aromatic carbocycles. The van der Waals surface area contributed by atoms with Crippen LogP contribution >= 0.6 is 15.9 Å². The second-order valence-corrected chi connectivity index (χ2v) is 6.12. The molecule has 0 fully saturated rings. The third-order valence-electron chi connectivity index (χ3n) is 3.34. The largest absolute Gasteiger partial charge is 0.307 e. The maximum atomic E-state index is 12.3. The average Bonchev–Trinajstić information content (AvgIpc) is 2.94. The Morgan fingerprint density at radius 1 is 1.26 bits per heavy atom. The molecule has 0 spiro atoms. The molecule has 0 aliphatic carbocycles. The molecule has 6 heteroatoms. The Balaban J connectivity index is 1.77. The van der Waals surface area contributed by atoms with E-state index in [0.29, 0.717) is 17.9 Å². The minimum Gasteiger partial charge on any atom is -0.307 e. The van der Waals surface area contributed by atoms with Crippen LogP contribution in [0.1, 0.15) is 21.5 Å². The number of benzene rings is 1. The second kappa shape index (κ2) is 6.75. The molecular formula is C17H15BrN4O. The Bertz CT molecular complexity index is 844. The summed E-state index contributed by atoms with van der Waals surface area (Å²) in [6, 6.07) is 11.7. The molecule has 0 saturated heterocycles. The van der Waals surface area contributed by atoms with Gasteiger partial charge in [0.05, 0.1) is 18.3 Å². The molecule has 3 rings (SSSR count). The first-order chi connectivity index (χ1) is 11.1. The smallest absolute Gasteiger partial charge is 0.258 e. The standard InChI is InChI=1S/C17H15BrN4O/c1-12-3-2-4-13(7-12)11-22-16(5-6-20-22)21-17(23)14-8-15(18)10-19-9-14/h2-10H,11H2,1H3,(H,21,23). The zero-order valence-corrected chi connectivity index (χ0v) is 14.1. The number of carbonyl (C=O) groups is 1. The Labute approximate surface area is 142 Å². The number of hydrogen-bond donors (Lipinski definition) is 1. The van der Waals surface area contributed by atoms with Crippen LogP contribution in [0.3, 0.4) is 0 Å². The lowest BCUT2D eigenvalue weighted by Crippen LogP contribution is -2.16. The summed E-state index contributed by atoms with van der Waals surface area (Å²) in [4.78, 5) is 16.3. The van der Waals surface area contributed by atoms with Crippen molar-refractivity contribution in [3.8, 4) is 0 Å². The summed E-state index contributed by atoms with van der Waals surface area (Å²) in [6.07, 6.45) is 4.84. The lowest BCUT2D eigenvalue weighted by molar-refractivity contribution is 0.102. The van der Waals surface area contributed by atoms with Crippen molar-refractivity contribution in [2.45, 2.75) is 13.5 Å². The summed E-state index contributed by atoms with van der Waals surface area (Å²) in [5, 5.41) is 7.15. The van der Waals surface area contributed by atoms with E-state index >= 15 is 0 Å².